The number of aliphatic hydroxyl groups is 5. The highest BCUT2D eigenvalue weighted by atomic mass is 16.7. The van der Waals surface area contributed by atoms with Gasteiger partial charge in [-0.25, -0.2) is 4.68 Å². The van der Waals surface area contributed by atoms with E-state index in [0.29, 0.717) is 25.9 Å². The molecule has 3 saturated heterocycles. The normalized spacial score (nSPS) is 36.7. The summed E-state index contributed by atoms with van der Waals surface area (Å²) in [6, 6.07) is 7.56. The minimum absolute atomic E-state index is 0.108. The third kappa shape index (κ3) is 16.6. The number of aryl methyl sites for hydroxylation is 3. The number of ether oxygens (including phenoxy) is 6. The molecule has 0 aliphatic carbocycles. The van der Waals surface area contributed by atoms with Crippen LogP contribution in [0.15, 0.2) is 36.7 Å². The molecule has 0 unspecified atom stereocenters. The molecule has 3 aliphatic rings. The molecule has 20 nitrogen and oxygen atoms in total. The Morgan fingerprint density at radius 2 is 1.51 bits per heavy atom. The van der Waals surface area contributed by atoms with Crippen LogP contribution in [-0.2, 0) is 59.0 Å². The number of aromatic nitrogens is 6. The highest BCUT2D eigenvalue weighted by Gasteiger charge is 2.53. The fourth-order valence-corrected chi connectivity index (χ4v) is 12.4. The van der Waals surface area contributed by atoms with E-state index in [2.05, 4.69) is 56.7 Å². The first-order valence-corrected chi connectivity index (χ1v) is 29.5. The van der Waals surface area contributed by atoms with Crippen molar-refractivity contribution in [2.24, 2.45) is 17.8 Å². The smallest absolute Gasteiger partial charge is 0.311 e. The van der Waals surface area contributed by atoms with Crippen LogP contribution in [0.5, 0.6) is 0 Å². The molecule has 3 aromatic rings. The molecule has 0 saturated carbocycles. The summed E-state index contributed by atoms with van der Waals surface area (Å²) in [5.74, 6) is -2.75. The molecule has 18 atom stereocenters. The minimum atomic E-state index is -1.83. The maximum absolute atomic E-state index is 14.5. The number of cyclic esters (lactones) is 1. The van der Waals surface area contributed by atoms with Crippen LogP contribution in [0, 0.1) is 17.8 Å². The van der Waals surface area contributed by atoms with Crippen LogP contribution in [0.25, 0.3) is 5.69 Å². The number of nitrogens with zero attached hydrogens (tertiary/aromatic N) is 8. The van der Waals surface area contributed by atoms with E-state index in [4.69, 9.17) is 28.4 Å². The Morgan fingerprint density at radius 3 is 2.19 bits per heavy atom. The van der Waals surface area contributed by atoms with Gasteiger partial charge in [-0.05, 0) is 138 Å². The van der Waals surface area contributed by atoms with Crippen molar-refractivity contribution in [1.82, 2.24) is 39.8 Å². The van der Waals surface area contributed by atoms with Crippen LogP contribution in [0.2, 0.25) is 0 Å². The molecule has 3 fully saturated rings. The second-order valence-corrected chi connectivity index (χ2v) is 24.5. The lowest BCUT2D eigenvalue weighted by Gasteiger charge is -2.49. The van der Waals surface area contributed by atoms with Crippen molar-refractivity contribution in [2.75, 3.05) is 34.3 Å². The molecule has 3 aliphatic heterocycles. The van der Waals surface area contributed by atoms with Crippen LogP contribution in [0.4, 0.5) is 0 Å². The van der Waals surface area contributed by atoms with Gasteiger partial charge in [0.1, 0.15) is 30.0 Å². The fraction of sp³-hybridized carbons (Fsp3) is 0.814. The van der Waals surface area contributed by atoms with Crippen molar-refractivity contribution in [2.45, 2.75) is 256 Å². The Bertz CT molecular complexity index is 2300. The zero-order valence-electron chi connectivity index (χ0n) is 50.1. The first-order valence-electron chi connectivity index (χ1n) is 29.5. The Kier molecular flexibility index (Phi) is 23.5. The van der Waals surface area contributed by atoms with Gasteiger partial charge in [-0.1, -0.05) is 69.5 Å². The van der Waals surface area contributed by atoms with Gasteiger partial charge in [-0.3, -0.25) is 9.48 Å². The lowest BCUT2D eigenvalue weighted by atomic mass is 9.77. The van der Waals surface area contributed by atoms with Crippen molar-refractivity contribution in [1.29, 1.82) is 0 Å². The molecule has 0 spiro atoms. The maximum Gasteiger partial charge on any atom is 0.311 e. The molecular formula is C59H100N8O12. The standard InChI is InChI=1S/C59H100N8O12/c1-15-17-18-19-23-44-36-67(63-61-44)46-26-24-43(25-27-46)22-20-21-29-66-35-45(60-62-66)28-30-64(12)47-31-38(4)75-56(50(47)68)79-54-39(5)51(78-49-33-58(10,74-14)53(70)42(8)76-49)40(6)55(71)77-48(16-2)59(11,73)52(69)41(7)65(13)34-37(3)32-57(54,9)72/h24-27,35-42,47-54,56,68-70,72-73H,15-23,28-34H2,1-14H3/t37-,38-,39+,40-,41-,42+,47+,48-,49+,50-,51+,52-,53+,54-,56+,57-,58-,59-/m1/s1. The van der Waals surface area contributed by atoms with Crippen LogP contribution in [0.1, 0.15) is 157 Å². The number of esters is 1. The summed E-state index contributed by atoms with van der Waals surface area (Å²) in [4.78, 5) is 18.6. The van der Waals surface area contributed by atoms with Gasteiger partial charge in [-0.2, -0.15) is 0 Å². The van der Waals surface area contributed by atoms with Gasteiger partial charge in [0.2, 0.25) is 0 Å². The number of hydrogen-bond donors (Lipinski definition) is 5. The number of benzene rings is 1. The zero-order valence-corrected chi connectivity index (χ0v) is 50.1. The molecule has 20 heteroatoms. The molecule has 6 rings (SSSR count). The molecule has 1 aromatic carbocycles. The van der Waals surface area contributed by atoms with Gasteiger partial charge in [0.05, 0.1) is 64.8 Å². The number of carbonyl (C=O) groups is 1. The van der Waals surface area contributed by atoms with E-state index >= 15 is 0 Å². The third-order valence-electron chi connectivity index (χ3n) is 17.5. The molecule has 0 bridgehead atoms. The van der Waals surface area contributed by atoms with E-state index in [-0.39, 0.29) is 31.3 Å². The Morgan fingerprint density at radius 1 is 0.823 bits per heavy atom. The molecule has 2 aromatic heterocycles. The van der Waals surface area contributed by atoms with Crippen LogP contribution in [0.3, 0.4) is 0 Å². The number of rotatable bonds is 21. The summed E-state index contributed by atoms with van der Waals surface area (Å²) in [7, 11) is 5.32. The van der Waals surface area contributed by atoms with Crippen molar-refractivity contribution < 1.29 is 58.7 Å². The second kappa shape index (κ2) is 28.7. The predicted molar refractivity (Wildman–Crippen MR) is 299 cm³/mol. The molecule has 79 heavy (non-hydrogen) atoms. The van der Waals surface area contributed by atoms with Gasteiger partial charge < -0.3 is 63.8 Å². The lowest BCUT2D eigenvalue weighted by Crippen LogP contribution is -2.61. The predicted octanol–water partition coefficient (Wildman–Crippen LogP) is 5.83. The number of carbonyl (C=O) groups excluding carboxylic acids is 1. The molecule has 5 heterocycles. The number of aliphatic hydroxyl groups excluding tert-OH is 3. The summed E-state index contributed by atoms with van der Waals surface area (Å²) < 4.78 is 42.2. The Labute approximate surface area is 470 Å². The first kappa shape index (κ1) is 64.7. The quantitative estimate of drug-likeness (QED) is 0.0623. The first-order chi connectivity index (χ1) is 37.3. The highest BCUT2D eigenvalue weighted by Crippen LogP contribution is 2.40. The number of likely N-dealkylation sites (N-methyl/N-ethyl adjacent to an activating group) is 2. The van der Waals surface area contributed by atoms with E-state index in [1.165, 1.54) is 38.9 Å². The van der Waals surface area contributed by atoms with Crippen molar-refractivity contribution >= 4 is 5.97 Å². The monoisotopic (exact) mass is 1110 g/mol. The lowest BCUT2D eigenvalue weighted by molar-refractivity contribution is -0.318. The third-order valence-corrected chi connectivity index (χ3v) is 17.5. The summed E-state index contributed by atoms with van der Waals surface area (Å²) in [5.41, 5.74) is -0.366. The topological polar surface area (TPSA) is 241 Å². The van der Waals surface area contributed by atoms with Crippen molar-refractivity contribution in [3.8, 4) is 5.69 Å². The van der Waals surface area contributed by atoms with Gasteiger partial charge >= 0.3 is 5.97 Å². The second-order valence-electron chi connectivity index (χ2n) is 24.5. The molecule has 0 amide bonds. The van der Waals surface area contributed by atoms with Crippen LogP contribution >= 0.6 is 0 Å². The number of hydrogen-bond acceptors (Lipinski definition) is 18. The maximum atomic E-state index is 14.5. The SMILES string of the molecule is CCCCCCc1cn(-c2ccc(CCCCn3cc(CCN(C)[C@H]4C[C@@H](C)O[C@@H](O[C@@H]5[C@@H](C)[C@H](O[C@H]6C[C@@](C)(OC)[C@@H](O)[C@H](C)O6)[C@@H](C)C(=O)O[C@H](CC)[C@@](C)(O)[C@H](O)[C@@H](C)N(C)C[C@H](C)C[C@@]5(C)O)[C@@H]4O)nn3)cc2)nn1. The van der Waals surface area contributed by atoms with Gasteiger partial charge in [0.25, 0.3) is 0 Å². The highest BCUT2D eigenvalue weighted by molar-refractivity contribution is 5.73. The van der Waals surface area contributed by atoms with E-state index in [1.54, 1.807) is 34.6 Å². The number of unbranched alkanes of at least 4 members (excludes halogenated alkanes) is 4. The molecule has 5 N–H and O–H groups in total. The van der Waals surface area contributed by atoms with E-state index < -0.39 is 102 Å². The van der Waals surface area contributed by atoms with Gasteiger partial charge in [0, 0.05) is 63.8 Å². The molecule has 0 radical (unpaired) electrons. The Balaban J connectivity index is 1.13. The summed E-state index contributed by atoms with van der Waals surface area (Å²) >= 11 is 0. The largest absolute Gasteiger partial charge is 0.459 e. The van der Waals surface area contributed by atoms with Crippen molar-refractivity contribution in [3.05, 3.63) is 53.6 Å². The number of methoxy groups -OCH3 is 1. The summed E-state index contributed by atoms with van der Waals surface area (Å²) in [6.45, 7) is 21.6. The zero-order chi connectivity index (χ0) is 58.0. The summed E-state index contributed by atoms with van der Waals surface area (Å²) in [6.07, 6.45) is 4.37. The Hall–Kier alpha value is -3.51. The van der Waals surface area contributed by atoms with Crippen LogP contribution < -0.4 is 0 Å². The fourth-order valence-electron chi connectivity index (χ4n) is 12.4. The summed E-state index contributed by atoms with van der Waals surface area (Å²) in [5, 5.41) is 77.5. The van der Waals surface area contributed by atoms with E-state index in [0.717, 1.165) is 55.7 Å². The molecule has 448 valence electrons. The van der Waals surface area contributed by atoms with Gasteiger partial charge in [-0.15, -0.1) is 10.2 Å². The van der Waals surface area contributed by atoms with E-state index in [9.17, 15) is 30.3 Å². The average Bonchev–Trinajstić information content (AvgIpc) is 4.12. The minimum Gasteiger partial charge on any atom is -0.459 e. The van der Waals surface area contributed by atoms with Gasteiger partial charge in [0.15, 0.2) is 12.6 Å². The average molecular weight is 1110 g/mol. The molecular weight excluding hydrogens is 1010 g/mol. The van der Waals surface area contributed by atoms with Crippen molar-refractivity contribution in [3.63, 3.8) is 0 Å². The van der Waals surface area contributed by atoms with E-state index in [1.807, 2.05) is 68.4 Å². The van der Waals surface area contributed by atoms with Crippen LogP contribution in [-0.4, -0.2) is 196 Å².